The molecule has 2 aliphatic rings. The van der Waals surface area contributed by atoms with Crippen molar-refractivity contribution in [2.75, 3.05) is 0 Å². The van der Waals surface area contributed by atoms with Gasteiger partial charge in [0, 0.05) is 25.2 Å². The van der Waals surface area contributed by atoms with Crippen LogP contribution in [0.25, 0.3) is 0 Å². The molecule has 0 unspecified atom stereocenters. The van der Waals surface area contributed by atoms with Crippen LogP contribution in [0.3, 0.4) is 0 Å². The molecule has 2 rings (SSSR count). The highest BCUT2D eigenvalue weighted by Crippen LogP contribution is 2.35. The van der Waals surface area contributed by atoms with Gasteiger partial charge in [-0.15, -0.1) is 0 Å². The van der Waals surface area contributed by atoms with Crippen LogP contribution in [0.5, 0.6) is 0 Å². The zero-order valence-electron chi connectivity index (χ0n) is 6.51. The maximum Gasteiger partial charge on any atom is 0.136 e. The van der Waals surface area contributed by atoms with Crippen molar-refractivity contribution in [1.82, 2.24) is 0 Å². The Kier molecular flexibility index (Phi) is 1.55. The lowest BCUT2D eigenvalue weighted by Gasteiger charge is -2.31. The molecule has 0 radical (unpaired) electrons. The fourth-order valence-electron chi connectivity index (χ4n) is 2.26. The van der Waals surface area contributed by atoms with Gasteiger partial charge in [-0.05, 0) is 18.8 Å². The van der Waals surface area contributed by atoms with Crippen molar-refractivity contribution < 1.29 is 9.59 Å². The van der Waals surface area contributed by atoms with Crippen LogP contribution in [-0.4, -0.2) is 11.6 Å². The maximum absolute atomic E-state index is 11.2. The Morgan fingerprint density at radius 3 is 2.82 bits per heavy atom. The second-order valence-corrected chi connectivity index (χ2v) is 3.75. The summed E-state index contributed by atoms with van der Waals surface area (Å²) in [6.07, 6.45) is 3.95. The Labute approximate surface area is 66.0 Å². The Balaban J connectivity index is 2.14. The Hall–Kier alpha value is -0.660. The molecule has 11 heavy (non-hydrogen) atoms. The molecule has 2 atom stereocenters. The van der Waals surface area contributed by atoms with E-state index >= 15 is 0 Å². The third-order valence-electron chi connectivity index (χ3n) is 2.86. The van der Waals surface area contributed by atoms with Gasteiger partial charge in [0.2, 0.25) is 0 Å². The second-order valence-electron chi connectivity index (χ2n) is 3.75. The fraction of sp³-hybridized carbons (Fsp3) is 0.778. The van der Waals surface area contributed by atoms with E-state index in [4.69, 9.17) is 0 Å². The van der Waals surface area contributed by atoms with Crippen LogP contribution >= 0.6 is 0 Å². The van der Waals surface area contributed by atoms with E-state index in [-0.39, 0.29) is 5.92 Å². The van der Waals surface area contributed by atoms with Crippen LogP contribution in [0.15, 0.2) is 0 Å². The number of ketones is 2. The van der Waals surface area contributed by atoms with Gasteiger partial charge in [0.15, 0.2) is 0 Å². The van der Waals surface area contributed by atoms with Crippen molar-refractivity contribution in [3.05, 3.63) is 0 Å². The van der Waals surface area contributed by atoms with Crippen molar-refractivity contribution in [3.8, 4) is 0 Å². The molecule has 0 aromatic rings. The van der Waals surface area contributed by atoms with E-state index in [1.54, 1.807) is 0 Å². The summed E-state index contributed by atoms with van der Waals surface area (Å²) in [5, 5.41) is 0. The smallest absolute Gasteiger partial charge is 0.136 e. The Morgan fingerprint density at radius 1 is 1.18 bits per heavy atom. The number of Topliss-reactive ketones (excluding diaryl/α,β-unsaturated/α-hetero) is 2. The largest absolute Gasteiger partial charge is 0.300 e. The van der Waals surface area contributed by atoms with Gasteiger partial charge in [0.1, 0.15) is 11.6 Å². The standard InChI is InChI=1S/C9H12O2/c10-8-4-6-1-2-9(11)7(3-6)5-8/h6-7H,1-5H2/t6-,7+/m0/s1. The van der Waals surface area contributed by atoms with Crippen molar-refractivity contribution >= 4 is 11.6 Å². The van der Waals surface area contributed by atoms with Crippen molar-refractivity contribution in [2.45, 2.75) is 32.1 Å². The number of hydrogen-bond donors (Lipinski definition) is 0. The van der Waals surface area contributed by atoms with Gasteiger partial charge in [-0.1, -0.05) is 0 Å². The van der Waals surface area contributed by atoms with Gasteiger partial charge in [0.25, 0.3) is 0 Å². The first-order chi connectivity index (χ1) is 5.25. The third-order valence-corrected chi connectivity index (χ3v) is 2.86. The minimum atomic E-state index is 0.106. The fourth-order valence-corrected chi connectivity index (χ4v) is 2.26. The lowest BCUT2D eigenvalue weighted by atomic mass is 9.71. The first-order valence-corrected chi connectivity index (χ1v) is 4.30. The predicted octanol–water partition coefficient (Wildman–Crippen LogP) is 1.33. The monoisotopic (exact) mass is 152 g/mol. The quantitative estimate of drug-likeness (QED) is 0.524. The maximum atomic E-state index is 11.2. The van der Waals surface area contributed by atoms with E-state index in [0.717, 1.165) is 25.7 Å². The lowest BCUT2D eigenvalue weighted by Crippen LogP contribution is -2.33. The zero-order chi connectivity index (χ0) is 7.84. The Morgan fingerprint density at radius 2 is 2.00 bits per heavy atom. The predicted molar refractivity (Wildman–Crippen MR) is 40.1 cm³/mol. The topological polar surface area (TPSA) is 34.1 Å². The first-order valence-electron chi connectivity index (χ1n) is 4.30. The van der Waals surface area contributed by atoms with Crippen LogP contribution in [-0.2, 0) is 9.59 Å². The van der Waals surface area contributed by atoms with Gasteiger partial charge in [0.05, 0.1) is 0 Å². The van der Waals surface area contributed by atoms with E-state index in [0.29, 0.717) is 23.9 Å². The van der Waals surface area contributed by atoms with Crippen LogP contribution in [0, 0.1) is 11.8 Å². The highest BCUT2D eigenvalue weighted by molar-refractivity contribution is 5.90. The van der Waals surface area contributed by atoms with Crippen LogP contribution in [0.1, 0.15) is 32.1 Å². The number of carbonyl (C=O) groups excluding carboxylic acids is 2. The molecule has 0 N–H and O–H groups in total. The molecule has 2 fully saturated rings. The highest BCUT2D eigenvalue weighted by Gasteiger charge is 2.35. The first kappa shape index (κ1) is 7.01. The second kappa shape index (κ2) is 2.43. The van der Waals surface area contributed by atoms with E-state index in [1.807, 2.05) is 0 Å². The molecule has 2 saturated carbocycles. The van der Waals surface area contributed by atoms with Crippen molar-refractivity contribution in [1.29, 1.82) is 0 Å². The molecule has 0 aromatic carbocycles. The minimum Gasteiger partial charge on any atom is -0.300 e. The van der Waals surface area contributed by atoms with Crippen LogP contribution in [0.4, 0.5) is 0 Å². The van der Waals surface area contributed by atoms with Crippen molar-refractivity contribution in [2.24, 2.45) is 11.8 Å². The molecule has 2 aliphatic carbocycles. The lowest BCUT2D eigenvalue weighted by molar-refractivity contribution is -0.134. The summed E-state index contributed by atoms with van der Waals surface area (Å²) in [5.74, 6) is 1.28. The summed E-state index contributed by atoms with van der Waals surface area (Å²) >= 11 is 0. The summed E-state index contributed by atoms with van der Waals surface area (Å²) < 4.78 is 0. The summed E-state index contributed by atoms with van der Waals surface area (Å²) in [5.41, 5.74) is 0. The third kappa shape index (κ3) is 1.22. The summed E-state index contributed by atoms with van der Waals surface area (Å²) in [4.78, 5) is 22.3. The van der Waals surface area contributed by atoms with E-state index < -0.39 is 0 Å². The molecule has 0 heterocycles. The molecule has 2 bridgehead atoms. The summed E-state index contributed by atoms with van der Waals surface area (Å²) in [6.45, 7) is 0. The molecular weight excluding hydrogens is 140 g/mol. The number of rotatable bonds is 0. The SMILES string of the molecule is O=C1C[C@H]2CCC(=O)[C@@H](C1)C2. The zero-order valence-corrected chi connectivity index (χ0v) is 6.51. The summed E-state index contributed by atoms with van der Waals surface area (Å²) in [7, 11) is 0. The van der Waals surface area contributed by atoms with Crippen molar-refractivity contribution in [3.63, 3.8) is 0 Å². The van der Waals surface area contributed by atoms with E-state index in [9.17, 15) is 9.59 Å². The van der Waals surface area contributed by atoms with Gasteiger partial charge < -0.3 is 0 Å². The number of hydrogen-bond acceptors (Lipinski definition) is 2. The molecule has 2 nitrogen and oxygen atoms in total. The van der Waals surface area contributed by atoms with Crippen LogP contribution in [0.2, 0.25) is 0 Å². The van der Waals surface area contributed by atoms with Crippen LogP contribution < -0.4 is 0 Å². The highest BCUT2D eigenvalue weighted by atomic mass is 16.1. The van der Waals surface area contributed by atoms with Gasteiger partial charge in [-0.25, -0.2) is 0 Å². The molecule has 0 aliphatic heterocycles. The average molecular weight is 152 g/mol. The van der Waals surface area contributed by atoms with Gasteiger partial charge in [-0.3, -0.25) is 9.59 Å². The van der Waals surface area contributed by atoms with E-state index in [2.05, 4.69) is 0 Å². The number of fused-ring (bicyclic) bond motifs is 2. The molecule has 60 valence electrons. The summed E-state index contributed by atoms with van der Waals surface area (Å²) in [6, 6.07) is 0. The van der Waals surface area contributed by atoms with Gasteiger partial charge >= 0.3 is 0 Å². The molecule has 2 heteroatoms. The molecule has 0 amide bonds. The van der Waals surface area contributed by atoms with Gasteiger partial charge in [-0.2, -0.15) is 0 Å². The number of carbonyl (C=O) groups is 2. The Bertz CT molecular complexity index is 208. The normalized spacial score (nSPS) is 37.5. The molecular formula is C9H12O2. The average Bonchev–Trinajstić information content (AvgIpc) is 1.97. The molecule has 0 saturated heterocycles. The molecule has 0 aromatic heterocycles. The minimum absolute atomic E-state index is 0.106. The van der Waals surface area contributed by atoms with E-state index in [1.165, 1.54) is 0 Å². The molecule has 0 spiro atoms.